The number of rotatable bonds is 9. The summed E-state index contributed by atoms with van der Waals surface area (Å²) in [5, 5.41) is 8.87. The number of thiol groups is 1. The highest BCUT2D eigenvalue weighted by Crippen LogP contribution is 2.56. The second kappa shape index (κ2) is 13.3. The van der Waals surface area contributed by atoms with Gasteiger partial charge in [0.2, 0.25) is 10.9 Å². The Balaban J connectivity index is 1.07. The van der Waals surface area contributed by atoms with E-state index in [9.17, 15) is 13.2 Å². The molecule has 2 aromatic carbocycles. The van der Waals surface area contributed by atoms with Crippen molar-refractivity contribution in [3.05, 3.63) is 68.4 Å². The molecule has 3 aliphatic carbocycles. The minimum Gasteiger partial charge on any atom is -0.489 e. The summed E-state index contributed by atoms with van der Waals surface area (Å²) in [6.45, 7) is 0.267. The van der Waals surface area contributed by atoms with Crippen molar-refractivity contribution < 1.29 is 22.5 Å². The Bertz CT molecular complexity index is 1540. The number of carbonyl (C=O) groups excluding carboxylic acids is 1. The van der Waals surface area contributed by atoms with Crippen molar-refractivity contribution in [1.82, 2.24) is 15.2 Å². The molecule has 43 heavy (non-hydrogen) atoms. The molecule has 3 saturated carbocycles. The lowest BCUT2D eigenvalue weighted by Gasteiger charge is -2.25. The lowest BCUT2D eigenvalue weighted by atomic mass is 9.85. The number of hydrogen-bond donors (Lipinski definition) is 3. The maximum absolute atomic E-state index is 11.8. The number of carbonyl (C=O) groups is 1. The van der Waals surface area contributed by atoms with E-state index in [1.807, 2.05) is 16.9 Å². The van der Waals surface area contributed by atoms with Crippen LogP contribution >= 0.6 is 34.8 Å². The average Bonchev–Trinajstić information content (AvgIpc) is 3.87. The molecule has 2 amide bonds. The van der Waals surface area contributed by atoms with E-state index >= 15 is 0 Å². The molecule has 0 bridgehead atoms. The molecule has 2 N–H and O–H groups in total. The minimum atomic E-state index is -2.94. The lowest BCUT2D eigenvalue weighted by molar-refractivity contribution is 0.236. The highest BCUT2D eigenvalue weighted by Gasteiger charge is 2.44. The molecule has 1 aromatic heterocycles. The molecule has 230 valence electrons. The maximum Gasteiger partial charge on any atom is 0.328 e. The molecule has 2 unspecified atom stereocenters. The molecule has 0 saturated heterocycles. The first-order valence-electron chi connectivity index (χ1n) is 14.8. The van der Waals surface area contributed by atoms with Crippen LogP contribution in [0.5, 0.6) is 5.75 Å². The van der Waals surface area contributed by atoms with Gasteiger partial charge in [-0.25, -0.2) is 17.9 Å². The van der Waals surface area contributed by atoms with E-state index in [-0.39, 0.29) is 12.6 Å². The number of amides is 2. The van der Waals surface area contributed by atoms with Crippen LogP contribution in [0.15, 0.2) is 40.9 Å². The first-order valence-corrected chi connectivity index (χ1v) is 17.2. The average molecular weight is 667 g/mol. The first kappa shape index (κ1) is 30.6. The van der Waals surface area contributed by atoms with E-state index in [0.29, 0.717) is 55.7 Å². The van der Waals surface area contributed by atoms with Crippen LogP contribution in [-0.4, -0.2) is 25.6 Å². The highest BCUT2D eigenvalue weighted by molar-refractivity contribution is 7.70. The van der Waals surface area contributed by atoms with Gasteiger partial charge in [-0.3, -0.25) is 0 Å². The fourth-order valence-corrected chi connectivity index (χ4v) is 7.73. The van der Waals surface area contributed by atoms with E-state index in [4.69, 9.17) is 44.1 Å². The number of hydrogen-bond acceptors (Lipinski definition) is 6. The van der Waals surface area contributed by atoms with Gasteiger partial charge in [0.25, 0.3) is 0 Å². The first-order chi connectivity index (χ1) is 20.8. The standard InChI is InChI=1S/C31H34Cl3N3O5S/c32-25-8-3-9-26(33)28(25)29-24(30(42-36-29)18-10-11-18)16-41-20-12-13-21(27(34)14-20)23-15-22(23)17-4-1-6-19(7-2-5-17)35-31(38)37-43(39)40/h3,8-9,12-14,17-19,22-23,43H,1-2,4-7,10-11,15-16H2,(H2,35,37,38,39,40). The zero-order valence-electron chi connectivity index (χ0n) is 23.5. The van der Waals surface area contributed by atoms with Gasteiger partial charge in [-0.15, -0.1) is 0 Å². The number of ether oxygens (including phenoxy) is 1. The van der Waals surface area contributed by atoms with Crippen LogP contribution in [0.1, 0.15) is 86.5 Å². The Morgan fingerprint density at radius 1 is 0.977 bits per heavy atom. The van der Waals surface area contributed by atoms with Gasteiger partial charge in [0.1, 0.15) is 23.8 Å². The molecular weight excluding hydrogens is 633 g/mol. The van der Waals surface area contributed by atoms with Gasteiger partial charge in [0.15, 0.2) is 0 Å². The second-order valence-corrected chi connectivity index (χ2v) is 13.8. The molecule has 8 nitrogen and oxygen atoms in total. The predicted octanol–water partition coefficient (Wildman–Crippen LogP) is 8.03. The summed E-state index contributed by atoms with van der Waals surface area (Å²) < 4.78 is 35.3. The van der Waals surface area contributed by atoms with E-state index in [2.05, 4.69) is 16.5 Å². The van der Waals surface area contributed by atoms with Crippen LogP contribution in [0.3, 0.4) is 0 Å². The van der Waals surface area contributed by atoms with Gasteiger partial charge < -0.3 is 14.6 Å². The van der Waals surface area contributed by atoms with Crippen LogP contribution < -0.4 is 14.8 Å². The Labute approximate surface area is 267 Å². The summed E-state index contributed by atoms with van der Waals surface area (Å²) in [6, 6.07) is 10.7. The van der Waals surface area contributed by atoms with Crippen LogP contribution in [0.2, 0.25) is 15.1 Å². The Kier molecular flexibility index (Phi) is 9.43. The van der Waals surface area contributed by atoms with Crippen LogP contribution in [-0.2, 0) is 17.5 Å². The number of nitrogens with one attached hydrogen (secondary N) is 2. The number of nitrogens with zero attached hydrogens (tertiary/aromatic N) is 1. The van der Waals surface area contributed by atoms with Crippen molar-refractivity contribution in [1.29, 1.82) is 0 Å². The van der Waals surface area contributed by atoms with Gasteiger partial charge in [-0.2, -0.15) is 0 Å². The quantitative estimate of drug-likeness (QED) is 0.200. The number of urea groups is 1. The topological polar surface area (TPSA) is 111 Å². The summed E-state index contributed by atoms with van der Waals surface area (Å²) in [5.74, 6) is 3.51. The third-order valence-electron chi connectivity index (χ3n) is 8.95. The molecule has 2 atom stereocenters. The fraction of sp³-hybridized carbons (Fsp3) is 0.484. The van der Waals surface area contributed by atoms with Gasteiger partial charge in [-0.05, 0) is 79.7 Å². The molecule has 0 spiro atoms. The van der Waals surface area contributed by atoms with Crippen LogP contribution in [0, 0.1) is 11.8 Å². The third kappa shape index (κ3) is 7.27. The van der Waals surface area contributed by atoms with Gasteiger partial charge in [0.05, 0.1) is 15.6 Å². The molecular formula is C31H34Cl3N3O5S. The summed E-state index contributed by atoms with van der Waals surface area (Å²) in [6.07, 6.45) is 9.12. The smallest absolute Gasteiger partial charge is 0.328 e. The molecule has 0 aliphatic heterocycles. The fourth-order valence-electron chi connectivity index (χ4n) is 6.61. The zero-order chi connectivity index (χ0) is 30.1. The van der Waals surface area contributed by atoms with Gasteiger partial charge in [-0.1, -0.05) is 77.8 Å². The van der Waals surface area contributed by atoms with E-state index in [1.165, 1.54) is 0 Å². The van der Waals surface area contributed by atoms with E-state index in [1.54, 1.807) is 18.2 Å². The molecule has 3 aromatic rings. The molecule has 3 fully saturated rings. The van der Waals surface area contributed by atoms with Crippen molar-refractivity contribution >= 4 is 51.7 Å². The highest BCUT2D eigenvalue weighted by atomic mass is 35.5. The normalized spacial score (nSPS) is 23.8. The molecule has 1 heterocycles. The van der Waals surface area contributed by atoms with E-state index in [0.717, 1.165) is 74.7 Å². The zero-order valence-corrected chi connectivity index (χ0v) is 26.7. The Morgan fingerprint density at radius 3 is 2.35 bits per heavy atom. The summed E-state index contributed by atoms with van der Waals surface area (Å²) >= 11 is 19.8. The Hall–Kier alpha value is -2.46. The monoisotopic (exact) mass is 665 g/mol. The lowest BCUT2D eigenvalue weighted by Crippen LogP contribution is -2.41. The second-order valence-electron chi connectivity index (χ2n) is 11.9. The summed E-state index contributed by atoms with van der Waals surface area (Å²) in [5.41, 5.74) is 3.29. The van der Waals surface area contributed by atoms with Crippen LogP contribution in [0.25, 0.3) is 11.3 Å². The largest absolute Gasteiger partial charge is 0.489 e. The maximum atomic E-state index is 11.8. The van der Waals surface area contributed by atoms with Crippen molar-refractivity contribution in [2.75, 3.05) is 0 Å². The predicted molar refractivity (Wildman–Crippen MR) is 168 cm³/mol. The van der Waals surface area contributed by atoms with E-state index < -0.39 is 16.9 Å². The molecule has 12 heteroatoms. The molecule has 6 rings (SSSR count). The van der Waals surface area contributed by atoms with Crippen molar-refractivity contribution in [3.8, 4) is 17.0 Å². The summed E-state index contributed by atoms with van der Waals surface area (Å²) in [7, 11) is -2.94. The molecule has 3 aliphatic rings. The number of aromatic nitrogens is 1. The van der Waals surface area contributed by atoms with Gasteiger partial charge in [0, 0.05) is 22.5 Å². The van der Waals surface area contributed by atoms with Crippen molar-refractivity contribution in [3.63, 3.8) is 0 Å². The van der Waals surface area contributed by atoms with Crippen molar-refractivity contribution in [2.45, 2.75) is 82.3 Å². The SMILES string of the molecule is O=C(NC1CCCC(C2CC2c2ccc(OCc3c(-c4c(Cl)cccc4Cl)noc3C3CC3)cc2Cl)CCC1)N[SH](=O)=O. The third-order valence-corrected chi connectivity index (χ3v) is 10.3. The van der Waals surface area contributed by atoms with Crippen molar-refractivity contribution in [2.24, 2.45) is 11.8 Å². The number of benzene rings is 2. The minimum absolute atomic E-state index is 0.00354. The Morgan fingerprint density at radius 2 is 1.70 bits per heavy atom. The van der Waals surface area contributed by atoms with Gasteiger partial charge >= 0.3 is 6.03 Å². The van der Waals surface area contributed by atoms with Crippen LogP contribution in [0.4, 0.5) is 4.79 Å². The molecule has 0 radical (unpaired) electrons. The number of halogens is 3. The summed E-state index contributed by atoms with van der Waals surface area (Å²) in [4.78, 5) is 11.8.